The highest BCUT2D eigenvalue weighted by Crippen LogP contribution is 2.23. The molecule has 1 aromatic heterocycles. The molecule has 7 nitrogen and oxygen atoms in total. The van der Waals surface area contributed by atoms with Gasteiger partial charge in [0.1, 0.15) is 18.9 Å². The second kappa shape index (κ2) is 10.5. The number of nitrogens with one attached hydrogen (secondary N) is 1. The van der Waals surface area contributed by atoms with E-state index in [1.54, 1.807) is 46.0 Å². The number of Topliss-reactive ketones (excluding diaryl/α,β-unsaturated/α-hetero) is 1. The van der Waals surface area contributed by atoms with Crippen LogP contribution < -0.4 is 10.1 Å². The van der Waals surface area contributed by atoms with Crippen molar-refractivity contribution >= 4 is 40.1 Å². The number of rotatable bonds is 8. The molecule has 0 aliphatic carbocycles. The third-order valence-corrected chi connectivity index (χ3v) is 5.94. The van der Waals surface area contributed by atoms with Crippen LogP contribution in [0.3, 0.4) is 0 Å². The number of halogens is 1. The Balaban J connectivity index is 1.39. The van der Waals surface area contributed by atoms with E-state index in [2.05, 4.69) is 5.32 Å². The van der Waals surface area contributed by atoms with Gasteiger partial charge in [0.25, 0.3) is 11.7 Å². The highest BCUT2D eigenvalue weighted by Gasteiger charge is 2.27. The lowest BCUT2D eigenvalue weighted by molar-refractivity contribution is -0.127. The number of benzene rings is 2. The Morgan fingerprint density at radius 2 is 1.70 bits per heavy atom. The highest BCUT2D eigenvalue weighted by molar-refractivity contribution is 6.44. The smallest absolute Gasteiger partial charge is 0.295 e. The third-order valence-electron chi connectivity index (χ3n) is 5.69. The zero-order valence-electron chi connectivity index (χ0n) is 18.3. The topological polar surface area (TPSA) is 80.6 Å². The number of carbonyl (C=O) groups is 3. The van der Waals surface area contributed by atoms with Gasteiger partial charge in [-0.3, -0.25) is 14.4 Å². The molecule has 33 heavy (non-hydrogen) atoms. The van der Waals surface area contributed by atoms with Crippen molar-refractivity contribution in [1.29, 1.82) is 0 Å². The highest BCUT2D eigenvalue weighted by atomic mass is 35.5. The van der Waals surface area contributed by atoms with Crippen molar-refractivity contribution < 1.29 is 19.1 Å². The maximum absolute atomic E-state index is 13.0. The standard InChI is InChI=1S/C25H26ClN3O4/c26-18-8-10-19(11-9-18)33-15-12-27-23(30)17-29-16-21(20-6-2-3-7-22(20)29)24(31)25(32)28-13-4-1-5-14-28/h2-3,6-11,16H,1,4-5,12-15,17H2,(H,27,30). The van der Waals surface area contributed by atoms with Crippen molar-refractivity contribution in [2.24, 2.45) is 0 Å². The lowest BCUT2D eigenvalue weighted by Gasteiger charge is -2.25. The number of fused-ring (bicyclic) bond motifs is 1. The van der Waals surface area contributed by atoms with Gasteiger partial charge in [-0.1, -0.05) is 29.8 Å². The average Bonchev–Trinajstić information content (AvgIpc) is 3.21. The minimum absolute atomic E-state index is 0.0344. The molecule has 2 aromatic carbocycles. The van der Waals surface area contributed by atoms with Gasteiger partial charge < -0.3 is 19.5 Å². The summed E-state index contributed by atoms with van der Waals surface area (Å²) in [5, 5.41) is 4.12. The number of nitrogens with zero attached hydrogens (tertiary/aromatic N) is 2. The Morgan fingerprint density at radius 1 is 0.970 bits per heavy atom. The second-order valence-corrected chi connectivity index (χ2v) is 8.46. The Kier molecular flexibility index (Phi) is 7.29. The second-order valence-electron chi connectivity index (χ2n) is 8.02. The summed E-state index contributed by atoms with van der Waals surface area (Å²) >= 11 is 5.85. The molecule has 172 valence electrons. The van der Waals surface area contributed by atoms with Gasteiger partial charge in [-0.2, -0.15) is 0 Å². The molecule has 1 fully saturated rings. The molecule has 0 unspecified atom stereocenters. The lowest BCUT2D eigenvalue weighted by Crippen LogP contribution is -2.40. The number of carbonyl (C=O) groups excluding carboxylic acids is 3. The van der Waals surface area contributed by atoms with E-state index in [-0.39, 0.29) is 12.5 Å². The quantitative estimate of drug-likeness (QED) is 0.311. The zero-order chi connectivity index (χ0) is 23.2. The molecule has 1 aliphatic heterocycles. The first kappa shape index (κ1) is 22.9. The maximum Gasteiger partial charge on any atom is 0.295 e. The van der Waals surface area contributed by atoms with Crippen molar-refractivity contribution in [2.75, 3.05) is 26.2 Å². The number of ether oxygens (including phenoxy) is 1. The first-order chi connectivity index (χ1) is 16.0. The first-order valence-corrected chi connectivity index (χ1v) is 11.5. The van der Waals surface area contributed by atoms with Gasteiger partial charge in [-0.05, 0) is 49.6 Å². The summed E-state index contributed by atoms with van der Waals surface area (Å²) in [4.78, 5) is 39.9. The summed E-state index contributed by atoms with van der Waals surface area (Å²) in [7, 11) is 0. The number of ketones is 1. The fourth-order valence-electron chi connectivity index (χ4n) is 4.02. The molecule has 2 amide bonds. The molecular weight excluding hydrogens is 442 g/mol. The Hall–Kier alpha value is -3.32. The lowest BCUT2D eigenvalue weighted by atomic mass is 10.1. The Bertz CT molecular complexity index is 1150. The van der Waals surface area contributed by atoms with Crippen molar-refractivity contribution in [2.45, 2.75) is 25.8 Å². The van der Waals surface area contributed by atoms with E-state index < -0.39 is 11.7 Å². The van der Waals surface area contributed by atoms with Gasteiger partial charge in [0.05, 0.1) is 12.1 Å². The van der Waals surface area contributed by atoms with Crippen LogP contribution in [0, 0.1) is 0 Å². The Morgan fingerprint density at radius 3 is 2.45 bits per heavy atom. The molecule has 8 heteroatoms. The SMILES string of the molecule is O=C(Cn1cc(C(=O)C(=O)N2CCCCC2)c2ccccc21)NCCOc1ccc(Cl)cc1. The Labute approximate surface area is 197 Å². The number of hydrogen-bond acceptors (Lipinski definition) is 4. The maximum atomic E-state index is 13.0. The van der Waals surface area contributed by atoms with E-state index in [9.17, 15) is 14.4 Å². The van der Waals surface area contributed by atoms with Crippen molar-refractivity contribution in [3.05, 3.63) is 65.3 Å². The zero-order valence-corrected chi connectivity index (χ0v) is 19.0. The van der Waals surface area contributed by atoms with Crippen LogP contribution in [0.4, 0.5) is 0 Å². The van der Waals surface area contributed by atoms with E-state index in [0.717, 1.165) is 24.8 Å². The minimum atomic E-state index is -0.524. The first-order valence-electron chi connectivity index (χ1n) is 11.1. The molecule has 1 aliphatic rings. The monoisotopic (exact) mass is 467 g/mol. The van der Waals surface area contributed by atoms with Gasteiger partial charge in [-0.25, -0.2) is 0 Å². The van der Waals surface area contributed by atoms with Crippen molar-refractivity contribution in [3.63, 3.8) is 0 Å². The summed E-state index contributed by atoms with van der Waals surface area (Å²) < 4.78 is 7.29. The largest absolute Gasteiger partial charge is 0.492 e. The summed E-state index contributed by atoms with van der Waals surface area (Å²) in [5.74, 6) is -0.534. The molecule has 2 heterocycles. The number of amides is 2. The van der Waals surface area contributed by atoms with Crippen LogP contribution in [-0.4, -0.2) is 53.3 Å². The normalized spacial score (nSPS) is 13.7. The molecule has 0 saturated carbocycles. The molecular formula is C25H26ClN3O4. The van der Waals surface area contributed by atoms with E-state index in [1.807, 2.05) is 18.2 Å². The summed E-state index contributed by atoms with van der Waals surface area (Å²) in [6.07, 6.45) is 4.53. The summed E-state index contributed by atoms with van der Waals surface area (Å²) in [5.41, 5.74) is 1.07. The number of piperidine rings is 1. The molecule has 0 bridgehead atoms. The summed E-state index contributed by atoms with van der Waals surface area (Å²) in [6, 6.07) is 14.3. The number of para-hydroxylation sites is 1. The fourth-order valence-corrected chi connectivity index (χ4v) is 4.14. The molecule has 0 spiro atoms. The molecule has 4 rings (SSSR count). The van der Waals surface area contributed by atoms with E-state index in [0.29, 0.717) is 48.0 Å². The predicted molar refractivity (Wildman–Crippen MR) is 127 cm³/mol. The minimum Gasteiger partial charge on any atom is -0.492 e. The van der Waals surface area contributed by atoms with E-state index >= 15 is 0 Å². The predicted octanol–water partition coefficient (Wildman–Crippen LogP) is 3.69. The van der Waals surface area contributed by atoms with Crippen LogP contribution in [0.15, 0.2) is 54.7 Å². The van der Waals surface area contributed by atoms with Gasteiger partial charge >= 0.3 is 0 Å². The van der Waals surface area contributed by atoms with Crippen molar-refractivity contribution in [3.8, 4) is 5.75 Å². The van der Waals surface area contributed by atoms with Crippen LogP contribution >= 0.6 is 11.6 Å². The van der Waals surface area contributed by atoms with Gasteiger partial charge in [0, 0.05) is 35.2 Å². The molecule has 0 radical (unpaired) electrons. The molecule has 0 atom stereocenters. The molecule has 3 aromatic rings. The van der Waals surface area contributed by atoms with Crippen molar-refractivity contribution in [1.82, 2.24) is 14.8 Å². The van der Waals surface area contributed by atoms with E-state index in [4.69, 9.17) is 16.3 Å². The third kappa shape index (κ3) is 5.54. The van der Waals surface area contributed by atoms with Crippen LogP contribution in [-0.2, 0) is 16.1 Å². The van der Waals surface area contributed by atoms with Gasteiger partial charge in [0.15, 0.2) is 0 Å². The molecule has 1 saturated heterocycles. The van der Waals surface area contributed by atoms with Gasteiger partial charge in [-0.15, -0.1) is 0 Å². The number of likely N-dealkylation sites (tertiary alicyclic amines) is 1. The fraction of sp³-hybridized carbons (Fsp3) is 0.320. The van der Waals surface area contributed by atoms with E-state index in [1.165, 1.54) is 0 Å². The number of hydrogen-bond donors (Lipinski definition) is 1. The van der Waals surface area contributed by atoms with Crippen LogP contribution in [0.2, 0.25) is 5.02 Å². The summed E-state index contributed by atoms with van der Waals surface area (Å²) in [6.45, 7) is 1.91. The van der Waals surface area contributed by atoms with Crippen LogP contribution in [0.1, 0.15) is 29.6 Å². The van der Waals surface area contributed by atoms with Gasteiger partial charge in [0.2, 0.25) is 5.91 Å². The molecule has 1 N–H and O–H groups in total. The number of aromatic nitrogens is 1. The van der Waals surface area contributed by atoms with Crippen LogP contribution in [0.25, 0.3) is 10.9 Å². The average molecular weight is 468 g/mol. The van der Waals surface area contributed by atoms with Crippen LogP contribution in [0.5, 0.6) is 5.75 Å².